The molecule has 4 rings (SSSR count). The molecule has 0 saturated heterocycles. The molecule has 1 amide bonds. The second-order valence-corrected chi connectivity index (χ2v) is 10.8. The van der Waals surface area contributed by atoms with Crippen molar-refractivity contribution >= 4 is 16.8 Å². The molecule has 1 aromatic carbocycles. The van der Waals surface area contributed by atoms with Crippen molar-refractivity contribution < 1.29 is 9.18 Å². The van der Waals surface area contributed by atoms with Gasteiger partial charge in [-0.1, -0.05) is 20.8 Å². The molecule has 0 aliphatic heterocycles. The number of pyridine rings is 1. The molecule has 4 heteroatoms. The Morgan fingerprint density at radius 3 is 2.31 bits per heavy atom. The SMILES string of the molecule is CC(C)(C)C(=O)NC(C)(C)[C@H]1C[C@H]2C[C@@H](c3ccnc4ccc(F)cc34)C[C@H]2C1. The van der Waals surface area contributed by atoms with Crippen LogP contribution in [0, 0.1) is 29.0 Å². The van der Waals surface area contributed by atoms with Gasteiger partial charge in [0, 0.05) is 22.5 Å². The zero-order valence-corrected chi connectivity index (χ0v) is 18.3. The lowest BCUT2D eigenvalue weighted by Crippen LogP contribution is -2.52. The molecule has 4 atom stereocenters. The largest absolute Gasteiger partial charge is 0.350 e. The van der Waals surface area contributed by atoms with Crippen LogP contribution in [-0.4, -0.2) is 16.4 Å². The first-order chi connectivity index (χ1) is 13.5. The summed E-state index contributed by atoms with van der Waals surface area (Å²) in [6.45, 7) is 10.3. The molecule has 2 aliphatic carbocycles. The van der Waals surface area contributed by atoms with E-state index in [1.165, 1.54) is 11.6 Å². The van der Waals surface area contributed by atoms with E-state index < -0.39 is 0 Å². The number of carbonyl (C=O) groups is 1. The highest BCUT2D eigenvalue weighted by Gasteiger charge is 2.47. The van der Waals surface area contributed by atoms with E-state index in [0.29, 0.717) is 23.7 Å². The Labute approximate surface area is 173 Å². The highest BCUT2D eigenvalue weighted by atomic mass is 19.1. The van der Waals surface area contributed by atoms with Crippen LogP contribution in [0.1, 0.15) is 71.8 Å². The summed E-state index contributed by atoms with van der Waals surface area (Å²) in [5.74, 6) is 2.30. The van der Waals surface area contributed by atoms with Gasteiger partial charge in [0.05, 0.1) is 5.52 Å². The molecule has 2 aliphatic rings. The molecule has 1 N–H and O–H groups in total. The summed E-state index contributed by atoms with van der Waals surface area (Å²) in [4.78, 5) is 16.9. The quantitative estimate of drug-likeness (QED) is 0.709. The van der Waals surface area contributed by atoms with Gasteiger partial charge in [0.25, 0.3) is 0 Å². The fraction of sp³-hybridized carbons (Fsp3) is 0.600. The standard InChI is InChI=1S/C25H33FN2O/c1-24(2,3)23(29)28-25(4,5)18-12-15-10-17(11-16(15)13-18)20-8-9-27-22-7-6-19(26)14-21(20)22/h6-9,14-18H,10-13H2,1-5H3,(H,28,29)/t15-,16+,17-,18+. The van der Waals surface area contributed by atoms with E-state index in [0.717, 1.165) is 36.6 Å². The van der Waals surface area contributed by atoms with Crippen molar-refractivity contribution in [2.75, 3.05) is 0 Å². The molecule has 0 radical (unpaired) electrons. The summed E-state index contributed by atoms with van der Waals surface area (Å²) in [7, 11) is 0. The third kappa shape index (κ3) is 3.91. The van der Waals surface area contributed by atoms with Crippen LogP contribution in [-0.2, 0) is 4.79 Å². The third-order valence-corrected chi connectivity index (χ3v) is 7.33. The summed E-state index contributed by atoms with van der Waals surface area (Å²) in [5.41, 5.74) is 1.58. The molecule has 0 spiro atoms. The summed E-state index contributed by atoms with van der Waals surface area (Å²) in [6.07, 6.45) is 6.49. The van der Waals surface area contributed by atoms with Gasteiger partial charge in [0.1, 0.15) is 5.82 Å². The Balaban J connectivity index is 1.47. The Kier molecular flexibility index (Phi) is 4.95. The van der Waals surface area contributed by atoms with Gasteiger partial charge in [0.2, 0.25) is 5.91 Å². The second-order valence-electron chi connectivity index (χ2n) is 10.8. The maximum atomic E-state index is 13.8. The summed E-state index contributed by atoms with van der Waals surface area (Å²) >= 11 is 0. The van der Waals surface area contributed by atoms with Crippen LogP contribution in [0.2, 0.25) is 0 Å². The van der Waals surface area contributed by atoms with E-state index in [4.69, 9.17) is 0 Å². The van der Waals surface area contributed by atoms with Crippen LogP contribution in [0.3, 0.4) is 0 Å². The third-order valence-electron chi connectivity index (χ3n) is 7.33. The highest BCUT2D eigenvalue weighted by Crippen LogP contribution is 2.55. The lowest BCUT2D eigenvalue weighted by molar-refractivity contribution is -0.130. The fourth-order valence-electron chi connectivity index (χ4n) is 5.54. The predicted octanol–water partition coefficient (Wildman–Crippen LogP) is 5.83. The summed E-state index contributed by atoms with van der Waals surface area (Å²) in [6, 6.07) is 6.99. The Bertz CT molecular complexity index is 916. The summed E-state index contributed by atoms with van der Waals surface area (Å²) < 4.78 is 13.8. The van der Waals surface area contributed by atoms with Crippen LogP contribution in [0.15, 0.2) is 30.5 Å². The topological polar surface area (TPSA) is 42.0 Å². The number of rotatable bonds is 3. The first-order valence-corrected chi connectivity index (χ1v) is 10.9. The minimum atomic E-state index is -0.367. The summed E-state index contributed by atoms with van der Waals surface area (Å²) in [5, 5.41) is 4.28. The van der Waals surface area contributed by atoms with Gasteiger partial charge >= 0.3 is 0 Å². The number of hydrogen-bond acceptors (Lipinski definition) is 2. The van der Waals surface area contributed by atoms with Crippen LogP contribution in [0.4, 0.5) is 4.39 Å². The molecule has 2 fully saturated rings. The number of nitrogens with one attached hydrogen (secondary N) is 1. The first-order valence-electron chi connectivity index (χ1n) is 10.9. The monoisotopic (exact) mass is 396 g/mol. The molecule has 2 saturated carbocycles. The average molecular weight is 397 g/mol. The van der Waals surface area contributed by atoms with Crippen molar-refractivity contribution in [2.45, 2.75) is 71.8 Å². The number of aromatic nitrogens is 1. The Morgan fingerprint density at radius 1 is 1.03 bits per heavy atom. The van der Waals surface area contributed by atoms with Gasteiger partial charge in [-0.2, -0.15) is 0 Å². The number of nitrogens with zero attached hydrogens (tertiary/aromatic N) is 1. The van der Waals surface area contributed by atoms with E-state index in [1.54, 1.807) is 12.1 Å². The van der Waals surface area contributed by atoms with Crippen molar-refractivity contribution in [3.8, 4) is 0 Å². The molecule has 0 unspecified atom stereocenters. The van der Waals surface area contributed by atoms with Gasteiger partial charge in [-0.05, 0) is 93.0 Å². The number of hydrogen-bond donors (Lipinski definition) is 1. The van der Waals surface area contributed by atoms with Crippen LogP contribution >= 0.6 is 0 Å². The minimum Gasteiger partial charge on any atom is -0.350 e. The van der Waals surface area contributed by atoms with Gasteiger partial charge in [0.15, 0.2) is 0 Å². The molecular formula is C25H33FN2O. The molecule has 1 aromatic heterocycles. The molecule has 3 nitrogen and oxygen atoms in total. The average Bonchev–Trinajstić information content (AvgIpc) is 3.19. The number of benzene rings is 1. The van der Waals surface area contributed by atoms with E-state index in [9.17, 15) is 9.18 Å². The number of fused-ring (bicyclic) bond motifs is 2. The minimum absolute atomic E-state index is 0.128. The van der Waals surface area contributed by atoms with E-state index in [1.807, 2.05) is 27.0 Å². The van der Waals surface area contributed by atoms with Crippen LogP contribution < -0.4 is 5.32 Å². The van der Waals surface area contributed by atoms with E-state index >= 15 is 0 Å². The second kappa shape index (κ2) is 7.07. The molecule has 29 heavy (non-hydrogen) atoms. The number of halogens is 1. The van der Waals surface area contributed by atoms with Gasteiger partial charge in [-0.3, -0.25) is 9.78 Å². The van der Waals surface area contributed by atoms with Crippen LogP contribution in [0.5, 0.6) is 0 Å². The molecule has 0 bridgehead atoms. The lowest BCUT2D eigenvalue weighted by atomic mass is 9.81. The maximum absolute atomic E-state index is 13.8. The lowest BCUT2D eigenvalue weighted by Gasteiger charge is -2.36. The van der Waals surface area contributed by atoms with Gasteiger partial charge in [-0.25, -0.2) is 4.39 Å². The normalized spacial score (nSPS) is 27.2. The van der Waals surface area contributed by atoms with Crippen molar-refractivity contribution in [3.05, 3.63) is 41.8 Å². The highest BCUT2D eigenvalue weighted by molar-refractivity contribution is 5.83. The van der Waals surface area contributed by atoms with Gasteiger partial charge < -0.3 is 5.32 Å². The zero-order valence-electron chi connectivity index (χ0n) is 18.3. The first kappa shape index (κ1) is 20.3. The van der Waals surface area contributed by atoms with E-state index in [-0.39, 0.29) is 22.7 Å². The Morgan fingerprint density at radius 2 is 1.69 bits per heavy atom. The maximum Gasteiger partial charge on any atom is 0.225 e. The Hall–Kier alpha value is -1.97. The fourth-order valence-corrected chi connectivity index (χ4v) is 5.54. The van der Waals surface area contributed by atoms with Crippen molar-refractivity contribution in [1.82, 2.24) is 10.3 Å². The van der Waals surface area contributed by atoms with E-state index in [2.05, 4.69) is 30.2 Å². The van der Waals surface area contributed by atoms with Crippen LogP contribution in [0.25, 0.3) is 10.9 Å². The number of carbonyl (C=O) groups excluding carboxylic acids is 1. The zero-order chi connectivity index (χ0) is 21.0. The molecule has 156 valence electrons. The smallest absolute Gasteiger partial charge is 0.225 e. The van der Waals surface area contributed by atoms with Crippen molar-refractivity contribution in [1.29, 1.82) is 0 Å². The number of amides is 1. The molecule has 2 aromatic rings. The predicted molar refractivity (Wildman–Crippen MR) is 115 cm³/mol. The van der Waals surface area contributed by atoms with Crippen molar-refractivity contribution in [3.63, 3.8) is 0 Å². The van der Waals surface area contributed by atoms with Crippen molar-refractivity contribution in [2.24, 2.45) is 23.2 Å². The van der Waals surface area contributed by atoms with Gasteiger partial charge in [-0.15, -0.1) is 0 Å². The molecular weight excluding hydrogens is 363 g/mol. The molecule has 1 heterocycles.